The van der Waals surface area contributed by atoms with Crippen molar-refractivity contribution >= 4 is 0 Å². The van der Waals surface area contributed by atoms with Gasteiger partial charge in [0.05, 0.1) is 5.69 Å². The first-order valence-electron chi connectivity index (χ1n) is 7.70. The molecule has 3 aromatic rings. The molecule has 0 radical (unpaired) electrons. The lowest BCUT2D eigenvalue weighted by Gasteiger charge is -2.14. The molecule has 2 aromatic heterocycles. The molecule has 5 heteroatoms. The first-order chi connectivity index (χ1) is 11.5. The summed E-state index contributed by atoms with van der Waals surface area (Å²) < 4.78 is 7.44. The molecule has 0 N–H and O–H groups in total. The van der Waals surface area contributed by atoms with Crippen molar-refractivity contribution in [1.29, 1.82) is 0 Å². The van der Waals surface area contributed by atoms with E-state index in [2.05, 4.69) is 9.97 Å². The fourth-order valence-corrected chi connectivity index (χ4v) is 2.71. The van der Waals surface area contributed by atoms with E-state index in [1.807, 2.05) is 51.1 Å². The largest absolute Gasteiger partial charge is 0.439 e. The first-order valence-corrected chi connectivity index (χ1v) is 7.70. The van der Waals surface area contributed by atoms with Crippen LogP contribution in [0.5, 0.6) is 11.6 Å². The van der Waals surface area contributed by atoms with Crippen LogP contribution in [0.4, 0.5) is 0 Å². The number of hydrogen-bond acceptors (Lipinski definition) is 4. The maximum atomic E-state index is 11.8. The lowest BCUT2D eigenvalue weighted by Crippen LogP contribution is -2.22. The molecule has 0 aliphatic carbocycles. The van der Waals surface area contributed by atoms with Crippen LogP contribution in [0, 0.1) is 20.8 Å². The molecule has 5 nitrogen and oxygen atoms in total. The molecule has 2 heterocycles. The highest BCUT2D eigenvalue weighted by atomic mass is 16.5. The number of aryl methyl sites for hydroxylation is 3. The van der Waals surface area contributed by atoms with Crippen LogP contribution >= 0.6 is 0 Å². The summed E-state index contributed by atoms with van der Waals surface area (Å²) in [6, 6.07) is 9.64. The molecule has 0 aliphatic heterocycles. The van der Waals surface area contributed by atoms with E-state index in [1.54, 1.807) is 24.0 Å². The minimum absolute atomic E-state index is 0.264. The molecular formula is C19H19N3O2. The normalized spacial score (nSPS) is 10.7. The van der Waals surface area contributed by atoms with Crippen LogP contribution in [0.1, 0.15) is 16.7 Å². The van der Waals surface area contributed by atoms with Crippen LogP contribution in [0.15, 0.2) is 47.5 Å². The van der Waals surface area contributed by atoms with Gasteiger partial charge < -0.3 is 4.74 Å². The van der Waals surface area contributed by atoms with Crippen molar-refractivity contribution in [2.24, 2.45) is 7.05 Å². The van der Waals surface area contributed by atoms with Gasteiger partial charge in [0.1, 0.15) is 5.75 Å². The average molecular weight is 321 g/mol. The Balaban J connectivity index is 2.01. The number of ether oxygens (including phenoxy) is 1. The van der Waals surface area contributed by atoms with E-state index in [0.29, 0.717) is 5.88 Å². The second-order valence-electron chi connectivity index (χ2n) is 5.84. The van der Waals surface area contributed by atoms with Crippen molar-refractivity contribution in [3.63, 3.8) is 0 Å². The summed E-state index contributed by atoms with van der Waals surface area (Å²) in [6.45, 7) is 5.90. The first kappa shape index (κ1) is 15.9. The number of pyridine rings is 1. The van der Waals surface area contributed by atoms with E-state index >= 15 is 0 Å². The molecule has 0 unspecified atom stereocenters. The molecule has 1 aromatic carbocycles. The van der Waals surface area contributed by atoms with E-state index in [-0.39, 0.29) is 5.69 Å². The van der Waals surface area contributed by atoms with Crippen molar-refractivity contribution in [3.8, 4) is 22.9 Å². The molecule has 3 rings (SSSR count). The molecule has 0 spiro atoms. The highest BCUT2D eigenvalue weighted by molar-refractivity contribution is 5.67. The van der Waals surface area contributed by atoms with Crippen LogP contribution in [0.25, 0.3) is 11.3 Å². The second-order valence-corrected chi connectivity index (χ2v) is 5.84. The molecule has 122 valence electrons. The molecule has 0 saturated heterocycles. The van der Waals surface area contributed by atoms with Gasteiger partial charge in [-0.2, -0.15) is 0 Å². The maximum absolute atomic E-state index is 11.8. The van der Waals surface area contributed by atoms with Crippen LogP contribution < -0.4 is 10.4 Å². The van der Waals surface area contributed by atoms with Gasteiger partial charge in [0, 0.05) is 30.6 Å². The number of benzene rings is 1. The quantitative estimate of drug-likeness (QED) is 0.740. The van der Waals surface area contributed by atoms with Crippen molar-refractivity contribution in [1.82, 2.24) is 14.5 Å². The molecule has 0 amide bonds. The summed E-state index contributed by atoms with van der Waals surface area (Å²) >= 11 is 0. The average Bonchev–Trinajstić information content (AvgIpc) is 2.55. The summed E-state index contributed by atoms with van der Waals surface area (Å²) in [4.78, 5) is 19.9. The Morgan fingerprint density at radius 2 is 1.79 bits per heavy atom. The Morgan fingerprint density at radius 3 is 2.50 bits per heavy atom. The number of rotatable bonds is 3. The molecular weight excluding hydrogens is 302 g/mol. The van der Waals surface area contributed by atoms with Crippen molar-refractivity contribution in [3.05, 3.63) is 69.9 Å². The minimum Gasteiger partial charge on any atom is -0.439 e. The zero-order chi connectivity index (χ0) is 17.3. The molecule has 0 bridgehead atoms. The van der Waals surface area contributed by atoms with Crippen LogP contribution in [0.3, 0.4) is 0 Å². The van der Waals surface area contributed by atoms with Gasteiger partial charge in [0.15, 0.2) is 0 Å². The van der Waals surface area contributed by atoms with E-state index in [4.69, 9.17) is 4.74 Å². The Kier molecular flexibility index (Phi) is 4.16. The van der Waals surface area contributed by atoms with E-state index < -0.39 is 0 Å². The summed E-state index contributed by atoms with van der Waals surface area (Å²) in [5.74, 6) is 1.31. The highest BCUT2D eigenvalue weighted by Crippen LogP contribution is 2.30. The van der Waals surface area contributed by atoms with Crippen molar-refractivity contribution in [2.45, 2.75) is 20.8 Å². The van der Waals surface area contributed by atoms with Gasteiger partial charge in [-0.1, -0.05) is 6.07 Å². The zero-order valence-electron chi connectivity index (χ0n) is 14.2. The topological polar surface area (TPSA) is 57.0 Å². The summed E-state index contributed by atoms with van der Waals surface area (Å²) in [6.07, 6.45) is 3.32. The fraction of sp³-hybridized carbons (Fsp3) is 0.211. The monoisotopic (exact) mass is 321 g/mol. The Bertz CT molecular complexity index is 961. The van der Waals surface area contributed by atoms with Crippen LogP contribution in [0.2, 0.25) is 0 Å². The highest BCUT2D eigenvalue weighted by Gasteiger charge is 2.12. The second kappa shape index (κ2) is 6.28. The summed E-state index contributed by atoms with van der Waals surface area (Å²) in [5.41, 5.74) is 4.54. The summed E-state index contributed by atoms with van der Waals surface area (Å²) in [5, 5.41) is 0. The molecule has 0 saturated carbocycles. The Hall–Kier alpha value is -2.95. The number of hydrogen-bond donors (Lipinski definition) is 0. The standard InChI is InChI=1S/C19H19N3O2/c1-12-6-5-9-20-18(12)24-15-7-8-16(13(2)10-15)17-14(3)11-21-19(23)22(17)4/h5-11H,1-4H3. The lowest BCUT2D eigenvalue weighted by atomic mass is 10.0. The SMILES string of the molecule is Cc1cc(Oc2ncccc2C)ccc1-c1c(C)cnc(=O)n1C. The maximum Gasteiger partial charge on any atom is 0.347 e. The van der Waals surface area contributed by atoms with Gasteiger partial charge in [-0.15, -0.1) is 0 Å². The van der Waals surface area contributed by atoms with Crippen molar-refractivity contribution in [2.75, 3.05) is 0 Å². The molecule has 0 fully saturated rings. The van der Waals surface area contributed by atoms with Gasteiger partial charge in [-0.3, -0.25) is 4.57 Å². The zero-order valence-corrected chi connectivity index (χ0v) is 14.2. The number of aromatic nitrogens is 3. The summed E-state index contributed by atoms with van der Waals surface area (Å²) in [7, 11) is 1.73. The van der Waals surface area contributed by atoms with Gasteiger partial charge >= 0.3 is 5.69 Å². The van der Waals surface area contributed by atoms with Crippen LogP contribution in [-0.4, -0.2) is 14.5 Å². The lowest BCUT2D eigenvalue weighted by molar-refractivity contribution is 0.458. The molecule has 0 atom stereocenters. The van der Waals surface area contributed by atoms with E-state index in [1.165, 1.54) is 0 Å². The third kappa shape index (κ3) is 2.93. The van der Waals surface area contributed by atoms with E-state index in [9.17, 15) is 4.79 Å². The Labute approximate surface area is 140 Å². The third-order valence-corrected chi connectivity index (χ3v) is 3.99. The Morgan fingerprint density at radius 1 is 1.00 bits per heavy atom. The van der Waals surface area contributed by atoms with E-state index in [0.717, 1.165) is 33.7 Å². The minimum atomic E-state index is -0.264. The smallest absolute Gasteiger partial charge is 0.347 e. The van der Waals surface area contributed by atoms with Crippen molar-refractivity contribution < 1.29 is 4.74 Å². The van der Waals surface area contributed by atoms with Gasteiger partial charge in [0.25, 0.3) is 0 Å². The predicted molar refractivity (Wildman–Crippen MR) is 93.4 cm³/mol. The fourth-order valence-electron chi connectivity index (χ4n) is 2.71. The third-order valence-electron chi connectivity index (χ3n) is 3.99. The van der Waals surface area contributed by atoms with Gasteiger partial charge in [-0.05, 0) is 56.2 Å². The molecule has 24 heavy (non-hydrogen) atoms. The molecule has 0 aliphatic rings. The van der Waals surface area contributed by atoms with Gasteiger partial charge in [-0.25, -0.2) is 14.8 Å². The van der Waals surface area contributed by atoms with Crippen LogP contribution in [-0.2, 0) is 7.05 Å². The predicted octanol–water partition coefficient (Wildman–Crippen LogP) is 3.56. The van der Waals surface area contributed by atoms with Gasteiger partial charge in [0.2, 0.25) is 5.88 Å². The number of nitrogens with zero attached hydrogens (tertiary/aromatic N) is 3.